The molecule has 2 rings (SSSR count). The summed E-state index contributed by atoms with van der Waals surface area (Å²) in [5, 5.41) is 9.37. The minimum atomic E-state index is -0.897. The molecule has 4 heteroatoms. The number of carboxylic acid groups (broad SMARTS) is 1. The van der Waals surface area contributed by atoms with Crippen molar-refractivity contribution in [1.82, 2.24) is 0 Å². The largest absolute Gasteiger partial charge is 0.481 e. The highest BCUT2D eigenvalue weighted by Gasteiger charge is 2.10. The Balaban J connectivity index is 2.30. The zero-order chi connectivity index (χ0) is 13.8. The molecule has 0 fully saturated rings. The molecule has 0 unspecified atom stereocenters. The number of benzene rings is 2. The van der Waals surface area contributed by atoms with Gasteiger partial charge in [0.15, 0.2) is 0 Å². The number of aliphatic carboxylic acids is 1. The Morgan fingerprint density at radius 3 is 2.63 bits per heavy atom. The number of hydrogen-bond donors (Lipinski definition) is 1. The predicted octanol–water partition coefficient (Wildman–Crippen LogP) is 4.07. The lowest BCUT2D eigenvalue weighted by molar-refractivity contribution is -0.136. The molecule has 0 radical (unpaired) electrons. The first-order valence-electron chi connectivity index (χ1n) is 5.80. The van der Waals surface area contributed by atoms with E-state index in [0.717, 1.165) is 5.56 Å². The second kappa shape index (κ2) is 5.76. The van der Waals surface area contributed by atoms with Crippen LogP contribution in [-0.4, -0.2) is 11.1 Å². The highest BCUT2D eigenvalue weighted by Crippen LogP contribution is 2.31. The molecule has 0 amide bonds. The number of carboxylic acids is 1. The van der Waals surface area contributed by atoms with E-state index in [1.165, 1.54) is 0 Å². The first kappa shape index (κ1) is 13.4. The quantitative estimate of drug-likeness (QED) is 0.916. The first-order chi connectivity index (χ1) is 9.06. The fraction of sp³-hybridized carbons (Fsp3) is 0.133. The van der Waals surface area contributed by atoms with Gasteiger partial charge in [-0.2, -0.15) is 0 Å². The molecule has 0 saturated heterocycles. The third kappa shape index (κ3) is 3.48. The molecule has 0 aliphatic rings. The van der Waals surface area contributed by atoms with Crippen LogP contribution in [0, 0.1) is 6.92 Å². The van der Waals surface area contributed by atoms with E-state index in [4.69, 9.17) is 21.4 Å². The van der Waals surface area contributed by atoms with Gasteiger partial charge in [-0.1, -0.05) is 35.9 Å². The average Bonchev–Trinajstić information content (AvgIpc) is 2.34. The van der Waals surface area contributed by atoms with Gasteiger partial charge in [-0.15, -0.1) is 0 Å². The van der Waals surface area contributed by atoms with Gasteiger partial charge in [0.2, 0.25) is 0 Å². The van der Waals surface area contributed by atoms with E-state index in [0.29, 0.717) is 22.1 Å². The van der Waals surface area contributed by atoms with Gasteiger partial charge in [0.1, 0.15) is 11.5 Å². The number of ether oxygens (including phenoxy) is 1. The predicted molar refractivity (Wildman–Crippen MR) is 74.0 cm³/mol. The van der Waals surface area contributed by atoms with Gasteiger partial charge in [0.25, 0.3) is 0 Å². The standard InChI is InChI=1S/C15H13ClO3/c1-10-6-7-14(12(16)8-10)19-13-5-3-2-4-11(13)9-15(17)18/h2-8H,9H2,1H3,(H,17,18). The lowest BCUT2D eigenvalue weighted by Gasteiger charge is -2.11. The molecular formula is C15H13ClO3. The van der Waals surface area contributed by atoms with Gasteiger partial charge < -0.3 is 9.84 Å². The van der Waals surface area contributed by atoms with Gasteiger partial charge in [-0.05, 0) is 30.7 Å². The van der Waals surface area contributed by atoms with Crippen LogP contribution in [0.3, 0.4) is 0 Å². The second-order valence-electron chi connectivity index (χ2n) is 4.21. The molecule has 0 bridgehead atoms. The molecule has 0 aliphatic heterocycles. The molecular weight excluding hydrogens is 264 g/mol. The molecule has 0 heterocycles. The molecule has 0 atom stereocenters. The Morgan fingerprint density at radius 2 is 1.95 bits per heavy atom. The number of rotatable bonds is 4. The zero-order valence-corrected chi connectivity index (χ0v) is 11.1. The van der Waals surface area contributed by atoms with Crippen LogP contribution in [0.2, 0.25) is 5.02 Å². The lowest BCUT2D eigenvalue weighted by Crippen LogP contribution is -2.01. The molecule has 3 nitrogen and oxygen atoms in total. The summed E-state index contributed by atoms with van der Waals surface area (Å²) in [4.78, 5) is 10.8. The third-order valence-corrected chi connectivity index (χ3v) is 2.92. The summed E-state index contributed by atoms with van der Waals surface area (Å²) in [6.07, 6.45) is -0.0837. The van der Waals surface area contributed by atoms with Crippen molar-refractivity contribution in [3.63, 3.8) is 0 Å². The Morgan fingerprint density at radius 1 is 1.21 bits per heavy atom. The van der Waals surface area contributed by atoms with Crippen LogP contribution in [0.1, 0.15) is 11.1 Å². The van der Waals surface area contributed by atoms with Crippen molar-refractivity contribution in [2.24, 2.45) is 0 Å². The van der Waals surface area contributed by atoms with Crippen LogP contribution in [0.5, 0.6) is 11.5 Å². The van der Waals surface area contributed by atoms with E-state index < -0.39 is 5.97 Å². The van der Waals surface area contributed by atoms with Crippen LogP contribution in [0.25, 0.3) is 0 Å². The number of hydrogen-bond acceptors (Lipinski definition) is 2. The fourth-order valence-electron chi connectivity index (χ4n) is 1.72. The Kier molecular flexibility index (Phi) is 4.07. The maximum atomic E-state index is 10.8. The van der Waals surface area contributed by atoms with Crippen molar-refractivity contribution < 1.29 is 14.6 Å². The third-order valence-electron chi connectivity index (χ3n) is 2.62. The summed E-state index contributed by atoms with van der Waals surface area (Å²) in [6, 6.07) is 12.5. The second-order valence-corrected chi connectivity index (χ2v) is 4.62. The first-order valence-corrected chi connectivity index (χ1v) is 6.18. The number of halogens is 1. The van der Waals surface area contributed by atoms with Crippen molar-refractivity contribution in [3.05, 3.63) is 58.6 Å². The zero-order valence-electron chi connectivity index (χ0n) is 10.4. The fourth-order valence-corrected chi connectivity index (χ4v) is 1.99. The normalized spacial score (nSPS) is 10.2. The number of aryl methyl sites for hydroxylation is 1. The molecule has 1 N–H and O–H groups in total. The summed E-state index contributed by atoms with van der Waals surface area (Å²) in [5.74, 6) is 0.131. The summed E-state index contributed by atoms with van der Waals surface area (Å²) in [7, 11) is 0. The lowest BCUT2D eigenvalue weighted by atomic mass is 10.1. The number of para-hydroxylation sites is 1. The highest BCUT2D eigenvalue weighted by molar-refractivity contribution is 6.32. The van der Waals surface area contributed by atoms with E-state index in [1.54, 1.807) is 36.4 Å². The molecule has 0 aromatic heterocycles. The van der Waals surface area contributed by atoms with Crippen LogP contribution >= 0.6 is 11.6 Å². The van der Waals surface area contributed by atoms with Crippen molar-refractivity contribution in [2.45, 2.75) is 13.3 Å². The Labute approximate surface area is 116 Å². The van der Waals surface area contributed by atoms with Crippen molar-refractivity contribution >= 4 is 17.6 Å². The van der Waals surface area contributed by atoms with Crippen LogP contribution in [0.4, 0.5) is 0 Å². The van der Waals surface area contributed by atoms with Crippen molar-refractivity contribution in [1.29, 1.82) is 0 Å². The van der Waals surface area contributed by atoms with Gasteiger partial charge in [0, 0.05) is 5.56 Å². The van der Waals surface area contributed by atoms with Crippen LogP contribution < -0.4 is 4.74 Å². The van der Waals surface area contributed by atoms with E-state index in [-0.39, 0.29) is 6.42 Å². The monoisotopic (exact) mass is 276 g/mol. The maximum Gasteiger partial charge on any atom is 0.307 e. The van der Waals surface area contributed by atoms with Gasteiger partial charge in [0.05, 0.1) is 11.4 Å². The topological polar surface area (TPSA) is 46.5 Å². The molecule has 19 heavy (non-hydrogen) atoms. The molecule has 0 aliphatic carbocycles. The smallest absolute Gasteiger partial charge is 0.307 e. The SMILES string of the molecule is Cc1ccc(Oc2ccccc2CC(=O)O)c(Cl)c1. The molecule has 2 aromatic rings. The van der Waals surface area contributed by atoms with Crippen LogP contribution in [0.15, 0.2) is 42.5 Å². The van der Waals surface area contributed by atoms with Gasteiger partial charge >= 0.3 is 5.97 Å². The van der Waals surface area contributed by atoms with Crippen molar-refractivity contribution in [3.8, 4) is 11.5 Å². The van der Waals surface area contributed by atoms with E-state index in [9.17, 15) is 4.79 Å². The summed E-state index contributed by atoms with van der Waals surface area (Å²) in [6.45, 7) is 1.94. The van der Waals surface area contributed by atoms with E-state index in [2.05, 4.69) is 0 Å². The number of carbonyl (C=O) groups is 1. The highest BCUT2D eigenvalue weighted by atomic mass is 35.5. The summed E-state index contributed by atoms with van der Waals surface area (Å²) < 4.78 is 5.70. The van der Waals surface area contributed by atoms with Gasteiger partial charge in [-0.25, -0.2) is 0 Å². The minimum Gasteiger partial charge on any atom is -0.481 e. The average molecular weight is 277 g/mol. The maximum absolute atomic E-state index is 10.8. The van der Waals surface area contributed by atoms with Crippen molar-refractivity contribution in [2.75, 3.05) is 0 Å². The summed E-state index contributed by atoms with van der Waals surface area (Å²) in [5.41, 5.74) is 1.66. The molecule has 0 spiro atoms. The van der Waals surface area contributed by atoms with Gasteiger partial charge in [-0.3, -0.25) is 4.79 Å². The Hall–Kier alpha value is -2.00. The van der Waals surface area contributed by atoms with Crippen LogP contribution in [-0.2, 0) is 11.2 Å². The molecule has 98 valence electrons. The molecule has 2 aromatic carbocycles. The van der Waals surface area contributed by atoms with E-state index >= 15 is 0 Å². The summed E-state index contributed by atoms with van der Waals surface area (Å²) >= 11 is 6.10. The Bertz CT molecular complexity index is 608. The van der Waals surface area contributed by atoms with E-state index in [1.807, 2.05) is 13.0 Å². The molecule has 0 saturated carbocycles. The minimum absolute atomic E-state index is 0.0837.